The maximum Gasteiger partial charge on any atom is 0.271 e. The van der Waals surface area contributed by atoms with Crippen molar-refractivity contribution in [2.75, 3.05) is 37.7 Å². The summed E-state index contributed by atoms with van der Waals surface area (Å²) in [5.41, 5.74) is 1.75. The molecular weight excluding hydrogens is 400 g/mol. The third-order valence-corrected chi connectivity index (χ3v) is 4.91. The number of ether oxygens (including phenoxy) is 1. The molecule has 3 aromatic heterocycles. The molecule has 31 heavy (non-hydrogen) atoms. The van der Waals surface area contributed by atoms with Crippen LogP contribution < -0.4 is 15.8 Å². The Morgan fingerprint density at radius 3 is 2.52 bits per heavy atom. The van der Waals surface area contributed by atoms with Crippen molar-refractivity contribution >= 4 is 11.7 Å². The molecule has 0 atom stereocenters. The lowest BCUT2D eigenvalue weighted by Crippen LogP contribution is -2.37. The van der Waals surface area contributed by atoms with Gasteiger partial charge >= 0.3 is 0 Å². The van der Waals surface area contributed by atoms with Crippen LogP contribution in [0.1, 0.15) is 21.9 Å². The van der Waals surface area contributed by atoms with Crippen LogP contribution in [0.25, 0.3) is 5.82 Å². The summed E-state index contributed by atoms with van der Waals surface area (Å²) in [7, 11) is 0. The van der Waals surface area contributed by atoms with Crippen LogP contribution in [0.3, 0.4) is 0 Å². The molecule has 1 saturated heterocycles. The Morgan fingerprint density at radius 1 is 1.06 bits per heavy atom. The molecule has 1 aliphatic rings. The van der Waals surface area contributed by atoms with Crippen molar-refractivity contribution in [3.63, 3.8) is 0 Å². The number of rotatable bonds is 6. The SMILES string of the molecule is Cc1cc(C)n(-c2ccc(=O)n(CCNC(=O)c3ccc(N4CCOCC4)nn3)n2)n1. The van der Waals surface area contributed by atoms with Crippen LogP contribution in [-0.4, -0.2) is 68.5 Å². The monoisotopic (exact) mass is 424 g/mol. The summed E-state index contributed by atoms with van der Waals surface area (Å²) in [6, 6.07) is 8.42. The number of amides is 1. The number of carbonyl (C=O) groups is 1. The molecule has 0 aromatic carbocycles. The average molecular weight is 424 g/mol. The van der Waals surface area contributed by atoms with E-state index in [9.17, 15) is 9.59 Å². The second kappa shape index (κ2) is 9.04. The first-order valence-corrected chi connectivity index (χ1v) is 10.1. The zero-order chi connectivity index (χ0) is 21.8. The molecule has 11 nitrogen and oxygen atoms in total. The fraction of sp³-hybridized carbons (Fsp3) is 0.400. The highest BCUT2D eigenvalue weighted by atomic mass is 16.5. The van der Waals surface area contributed by atoms with Crippen LogP contribution in [-0.2, 0) is 11.3 Å². The number of hydrogen-bond acceptors (Lipinski definition) is 8. The number of aryl methyl sites for hydroxylation is 2. The van der Waals surface area contributed by atoms with Crippen LogP contribution in [0.15, 0.2) is 35.1 Å². The fourth-order valence-electron chi connectivity index (χ4n) is 3.35. The standard InChI is InChI=1S/C20H24N8O3/c1-14-13-15(2)28(24-14)18-5-6-19(29)27(25-18)8-7-21-20(30)16-3-4-17(23-22-16)26-9-11-31-12-10-26/h3-6,13H,7-12H2,1-2H3,(H,21,30). The van der Waals surface area contributed by atoms with Crippen LogP contribution in [0.2, 0.25) is 0 Å². The molecule has 3 aromatic rings. The number of anilines is 1. The topological polar surface area (TPSA) is 120 Å². The first-order valence-electron chi connectivity index (χ1n) is 10.1. The van der Waals surface area contributed by atoms with Crippen molar-refractivity contribution in [1.29, 1.82) is 0 Å². The van der Waals surface area contributed by atoms with Gasteiger partial charge in [0.25, 0.3) is 11.5 Å². The summed E-state index contributed by atoms with van der Waals surface area (Å²) < 4.78 is 8.30. The van der Waals surface area contributed by atoms with Gasteiger partial charge in [0.15, 0.2) is 17.3 Å². The molecule has 0 bridgehead atoms. The summed E-state index contributed by atoms with van der Waals surface area (Å²) in [6.45, 7) is 7.05. The Balaban J connectivity index is 1.36. The molecule has 1 amide bonds. The quantitative estimate of drug-likeness (QED) is 0.592. The molecule has 0 aliphatic carbocycles. The maximum absolute atomic E-state index is 12.4. The minimum atomic E-state index is -0.358. The van der Waals surface area contributed by atoms with Gasteiger partial charge in [0.1, 0.15) is 0 Å². The number of hydrogen-bond donors (Lipinski definition) is 1. The summed E-state index contributed by atoms with van der Waals surface area (Å²) in [4.78, 5) is 26.6. The third kappa shape index (κ3) is 4.77. The Labute approximate surface area is 178 Å². The molecule has 11 heteroatoms. The fourth-order valence-corrected chi connectivity index (χ4v) is 3.35. The lowest BCUT2D eigenvalue weighted by Gasteiger charge is -2.27. The van der Waals surface area contributed by atoms with Crippen molar-refractivity contribution in [3.8, 4) is 5.82 Å². The van der Waals surface area contributed by atoms with E-state index in [1.807, 2.05) is 19.9 Å². The number of nitrogens with one attached hydrogen (secondary N) is 1. The number of carbonyl (C=O) groups excluding carboxylic acids is 1. The van der Waals surface area contributed by atoms with Crippen molar-refractivity contribution in [1.82, 2.24) is 35.1 Å². The van der Waals surface area contributed by atoms with E-state index in [-0.39, 0.29) is 30.2 Å². The maximum atomic E-state index is 12.4. The molecule has 1 aliphatic heterocycles. The van der Waals surface area contributed by atoms with Gasteiger partial charge < -0.3 is 15.0 Å². The second-order valence-corrected chi connectivity index (χ2v) is 7.22. The van der Waals surface area contributed by atoms with E-state index in [1.165, 1.54) is 10.7 Å². The third-order valence-electron chi connectivity index (χ3n) is 4.91. The predicted molar refractivity (Wildman–Crippen MR) is 112 cm³/mol. The van der Waals surface area contributed by atoms with Gasteiger partial charge in [-0.2, -0.15) is 5.10 Å². The minimum absolute atomic E-state index is 0.216. The van der Waals surface area contributed by atoms with Gasteiger partial charge in [-0.05, 0) is 38.1 Å². The van der Waals surface area contributed by atoms with Gasteiger partial charge in [0.2, 0.25) is 0 Å². The van der Waals surface area contributed by atoms with Gasteiger partial charge in [0, 0.05) is 31.4 Å². The summed E-state index contributed by atoms with van der Waals surface area (Å²) in [5, 5.41) is 19.7. The Bertz CT molecular complexity index is 1120. The van der Waals surface area contributed by atoms with Gasteiger partial charge in [-0.15, -0.1) is 15.3 Å². The second-order valence-electron chi connectivity index (χ2n) is 7.22. The van der Waals surface area contributed by atoms with Crippen molar-refractivity contribution in [2.24, 2.45) is 0 Å². The molecule has 0 spiro atoms. The first kappa shape index (κ1) is 20.7. The highest BCUT2D eigenvalue weighted by molar-refractivity contribution is 5.92. The summed E-state index contributed by atoms with van der Waals surface area (Å²) in [6.07, 6.45) is 0. The lowest BCUT2D eigenvalue weighted by molar-refractivity contribution is 0.0945. The van der Waals surface area contributed by atoms with E-state index >= 15 is 0 Å². The largest absolute Gasteiger partial charge is 0.378 e. The number of nitrogens with zero attached hydrogens (tertiary/aromatic N) is 7. The lowest BCUT2D eigenvalue weighted by atomic mass is 10.3. The first-order chi connectivity index (χ1) is 15.0. The van der Waals surface area contributed by atoms with E-state index < -0.39 is 0 Å². The van der Waals surface area contributed by atoms with E-state index in [1.54, 1.807) is 22.9 Å². The number of morpholine rings is 1. The van der Waals surface area contributed by atoms with Crippen LogP contribution in [0, 0.1) is 13.8 Å². The smallest absolute Gasteiger partial charge is 0.271 e. The van der Waals surface area contributed by atoms with E-state index in [0.717, 1.165) is 30.3 Å². The van der Waals surface area contributed by atoms with E-state index in [0.29, 0.717) is 19.0 Å². The molecule has 0 saturated carbocycles. The van der Waals surface area contributed by atoms with Crippen LogP contribution in [0.5, 0.6) is 0 Å². The molecule has 4 rings (SSSR count). The molecular formula is C20H24N8O3. The van der Waals surface area contributed by atoms with Crippen LogP contribution in [0.4, 0.5) is 5.82 Å². The zero-order valence-corrected chi connectivity index (χ0v) is 17.5. The van der Waals surface area contributed by atoms with E-state index in [2.05, 4.69) is 30.6 Å². The summed E-state index contributed by atoms with van der Waals surface area (Å²) >= 11 is 0. The molecule has 0 unspecified atom stereocenters. The molecule has 162 valence electrons. The van der Waals surface area contributed by atoms with Crippen LogP contribution >= 0.6 is 0 Å². The molecule has 4 heterocycles. The number of aromatic nitrogens is 6. The summed E-state index contributed by atoms with van der Waals surface area (Å²) in [5.74, 6) is 0.904. The van der Waals surface area contributed by atoms with Crippen molar-refractivity contribution < 1.29 is 9.53 Å². The zero-order valence-electron chi connectivity index (χ0n) is 17.5. The minimum Gasteiger partial charge on any atom is -0.378 e. The molecule has 1 fully saturated rings. The Kier molecular flexibility index (Phi) is 6.03. The van der Waals surface area contributed by atoms with Gasteiger partial charge in [-0.1, -0.05) is 0 Å². The van der Waals surface area contributed by atoms with Gasteiger partial charge in [-0.3, -0.25) is 9.59 Å². The Morgan fingerprint density at radius 2 is 1.84 bits per heavy atom. The highest BCUT2D eigenvalue weighted by Gasteiger charge is 2.14. The molecule has 1 N–H and O–H groups in total. The van der Waals surface area contributed by atoms with Gasteiger partial charge in [0.05, 0.1) is 25.5 Å². The van der Waals surface area contributed by atoms with E-state index in [4.69, 9.17) is 4.74 Å². The normalized spacial score (nSPS) is 13.9. The predicted octanol–water partition coefficient (Wildman–Crippen LogP) is 0.102. The highest BCUT2D eigenvalue weighted by Crippen LogP contribution is 2.11. The average Bonchev–Trinajstić information content (AvgIpc) is 3.13. The van der Waals surface area contributed by atoms with Gasteiger partial charge in [-0.25, -0.2) is 9.36 Å². The Hall–Kier alpha value is -3.60. The van der Waals surface area contributed by atoms with Crippen molar-refractivity contribution in [3.05, 3.63) is 57.8 Å². The van der Waals surface area contributed by atoms with Crippen molar-refractivity contribution in [2.45, 2.75) is 20.4 Å². The molecule has 0 radical (unpaired) electrons.